The van der Waals surface area contributed by atoms with Crippen LogP contribution in [0.5, 0.6) is 0 Å². The number of nitrogens with one attached hydrogen (secondary N) is 2. The Bertz CT molecular complexity index is 1050. The fourth-order valence-electron chi connectivity index (χ4n) is 4.32. The fourth-order valence-corrected chi connectivity index (χ4v) is 4.32. The van der Waals surface area contributed by atoms with Crippen molar-refractivity contribution in [1.82, 2.24) is 0 Å². The molecule has 3 nitrogen and oxygen atoms in total. The van der Waals surface area contributed by atoms with Crippen LogP contribution in [0.4, 0.5) is 24.5 Å². The molecule has 1 aliphatic carbocycles. The second-order valence-electron chi connectivity index (χ2n) is 9.14. The summed E-state index contributed by atoms with van der Waals surface area (Å²) in [6.07, 6.45) is -3.30. The van der Waals surface area contributed by atoms with E-state index in [1.54, 1.807) is 0 Å². The third-order valence-corrected chi connectivity index (χ3v) is 6.00. The first kappa shape index (κ1) is 20.5. The summed E-state index contributed by atoms with van der Waals surface area (Å²) in [7, 11) is 0. The predicted octanol–water partition coefficient (Wildman–Crippen LogP) is 6.54. The van der Waals surface area contributed by atoms with Crippen LogP contribution >= 0.6 is 0 Å². The Morgan fingerprint density at radius 3 is 2.17 bits per heavy atom. The molecule has 0 spiro atoms. The monoisotopic (exact) mass is 414 g/mol. The molecule has 6 heteroatoms. The Hall–Kier alpha value is -2.76. The Morgan fingerprint density at radius 2 is 1.57 bits per heavy atom. The average molecular weight is 414 g/mol. The normalized spacial score (nSPS) is 20.6. The maximum atomic E-state index is 13.2. The SMILES string of the molecule is Cc1cc2c(cc1C)NC(c1ccc(C(F)(F)F)cc1)C1=C(CC(C)(C)CC1=O)N2. The number of benzene rings is 2. The lowest BCUT2D eigenvalue weighted by atomic mass is 9.73. The number of alkyl halides is 3. The van der Waals surface area contributed by atoms with Crippen LogP contribution in [0, 0.1) is 19.3 Å². The van der Waals surface area contributed by atoms with Crippen LogP contribution in [0.2, 0.25) is 0 Å². The molecule has 2 N–H and O–H groups in total. The lowest BCUT2D eigenvalue weighted by Gasteiger charge is -2.34. The third-order valence-electron chi connectivity index (χ3n) is 6.00. The number of carbonyl (C=O) groups excluding carboxylic acids is 1. The summed E-state index contributed by atoms with van der Waals surface area (Å²) >= 11 is 0. The van der Waals surface area contributed by atoms with Gasteiger partial charge in [-0.25, -0.2) is 0 Å². The minimum atomic E-state index is -4.40. The van der Waals surface area contributed by atoms with E-state index in [1.165, 1.54) is 12.1 Å². The molecule has 2 aromatic carbocycles. The molecule has 1 atom stereocenters. The molecule has 4 rings (SSSR count). The first-order valence-corrected chi connectivity index (χ1v) is 10.0. The van der Waals surface area contributed by atoms with Gasteiger partial charge in [0.2, 0.25) is 0 Å². The van der Waals surface area contributed by atoms with Crippen LogP contribution in [0.25, 0.3) is 0 Å². The Balaban J connectivity index is 1.86. The maximum absolute atomic E-state index is 13.2. The van der Waals surface area contributed by atoms with E-state index >= 15 is 0 Å². The molecule has 0 radical (unpaired) electrons. The second-order valence-corrected chi connectivity index (χ2v) is 9.14. The van der Waals surface area contributed by atoms with Crippen molar-refractivity contribution in [3.05, 3.63) is 69.9 Å². The smallest absolute Gasteiger partial charge is 0.372 e. The molecule has 0 aromatic heterocycles. The molecule has 1 unspecified atom stereocenters. The molecule has 0 saturated carbocycles. The molecule has 1 aliphatic heterocycles. The molecule has 2 aromatic rings. The van der Waals surface area contributed by atoms with E-state index in [-0.39, 0.29) is 11.2 Å². The van der Waals surface area contributed by atoms with Gasteiger partial charge in [-0.15, -0.1) is 0 Å². The zero-order valence-electron chi connectivity index (χ0n) is 17.5. The highest BCUT2D eigenvalue weighted by Gasteiger charge is 2.39. The molecule has 30 heavy (non-hydrogen) atoms. The number of rotatable bonds is 1. The lowest BCUT2D eigenvalue weighted by Crippen LogP contribution is -2.31. The van der Waals surface area contributed by atoms with Gasteiger partial charge in [0, 0.05) is 17.7 Å². The van der Waals surface area contributed by atoms with E-state index in [4.69, 9.17) is 0 Å². The first-order chi connectivity index (χ1) is 13.9. The van der Waals surface area contributed by atoms with E-state index in [9.17, 15) is 18.0 Å². The van der Waals surface area contributed by atoms with Crippen LogP contribution in [-0.4, -0.2) is 5.78 Å². The summed E-state index contributed by atoms with van der Waals surface area (Å²) in [5, 5.41) is 6.90. The van der Waals surface area contributed by atoms with Crippen molar-refractivity contribution in [2.24, 2.45) is 5.41 Å². The summed E-state index contributed by atoms with van der Waals surface area (Å²) in [6.45, 7) is 8.16. The Kier molecular flexibility index (Phi) is 4.71. The molecule has 2 aliphatic rings. The lowest BCUT2D eigenvalue weighted by molar-refractivity contribution is -0.137. The number of hydrogen-bond donors (Lipinski definition) is 2. The summed E-state index contributed by atoms with van der Waals surface area (Å²) < 4.78 is 39.1. The molecule has 0 amide bonds. The largest absolute Gasteiger partial charge is 0.416 e. The minimum Gasteiger partial charge on any atom is -0.372 e. The number of anilines is 2. The van der Waals surface area contributed by atoms with Crippen LogP contribution in [0.1, 0.15) is 55.0 Å². The highest BCUT2D eigenvalue weighted by atomic mass is 19.4. The molecular weight excluding hydrogens is 389 g/mol. The van der Waals surface area contributed by atoms with Crippen molar-refractivity contribution in [3.8, 4) is 0 Å². The Morgan fingerprint density at radius 1 is 0.967 bits per heavy atom. The maximum Gasteiger partial charge on any atom is 0.416 e. The van der Waals surface area contributed by atoms with E-state index in [0.717, 1.165) is 40.3 Å². The van der Waals surface area contributed by atoms with Crippen molar-refractivity contribution in [1.29, 1.82) is 0 Å². The zero-order chi connectivity index (χ0) is 21.8. The van der Waals surface area contributed by atoms with Crippen LogP contribution in [0.15, 0.2) is 47.7 Å². The standard InChI is InChI=1S/C24H25F3N2O/c1-13-9-17-18(10-14(13)2)29-22(15-5-7-16(8-6-15)24(25,26)27)21-19(28-17)11-23(3,4)12-20(21)30/h5-10,22,28-29H,11-12H2,1-4H3. The van der Waals surface area contributed by atoms with Crippen molar-refractivity contribution >= 4 is 17.2 Å². The molecule has 0 bridgehead atoms. The number of halogens is 3. The van der Waals surface area contributed by atoms with E-state index in [2.05, 4.69) is 24.5 Å². The van der Waals surface area contributed by atoms with Crippen LogP contribution in [0.3, 0.4) is 0 Å². The molecule has 1 heterocycles. The van der Waals surface area contributed by atoms with Gasteiger partial charge in [-0.2, -0.15) is 13.2 Å². The summed E-state index contributed by atoms with van der Waals surface area (Å²) in [4.78, 5) is 13.2. The average Bonchev–Trinajstić information content (AvgIpc) is 2.77. The number of hydrogen-bond acceptors (Lipinski definition) is 3. The molecule has 0 saturated heterocycles. The van der Waals surface area contributed by atoms with Gasteiger partial charge in [0.25, 0.3) is 0 Å². The molecule has 0 fully saturated rings. The fraction of sp³-hybridized carbons (Fsp3) is 0.375. The van der Waals surface area contributed by atoms with Gasteiger partial charge in [0.05, 0.1) is 23.0 Å². The van der Waals surface area contributed by atoms with Crippen molar-refractivity contribution in [2.75, 3.05) is 10.6 Å². The number of allylic oxidation sites excluding steroid dienone is 1. The third kappa shape index (κ3) is 3.71. The molecular formula is C24H25F3N2O. The van der Waals surface area contributed by atoms with E-state index < -0.39 is 17.8 Å². The van der Waals surface area contributed by atoms with Gasteiger partial charge >= 0.3 is 6.18 Å². The summed E-state index contributed by atoms with van der Waals surface area (Å²) in [5.41, 5.74) is 5.15. The topological polar surface area (TPSA) is 41.1 Å². The number of Topliss-reactive ketones (excluding diaryl/α,β-unsaturated/α-hetero) is 1. The quantitative estimate of drug-likeness (QED) is 0.556. The first-order valence-electron chi connectivity index (χ1n) is 10.0. The zero-order valence-corrected chi connectivity index (χ0v) is 17.5. The van der Waals surface area contributed by atoms with E-state index in [1.807, 2.05) is 26.0 Å². The number of ketones is 1. The van der Waals surface area contributed by atoms with Gasteiger partial charge in [-0.05, 0) is 66.6 Å². The van der Waals surface area contributed by atoms with Crippen molar-refractivity contribution < 1.29 is 18.0 Å². The van der Waals surface area contributed by atoms with Crippen LogP contribution in [-0.2, 0) is 11.0 Å². The van der Waals surface area contributed by atoms with Gasteiger partial charge in [0.15, 0.2) is 5.78 Å². The van der Waals surface area contributed by atoms with Crippen molar-refractivity contribution in [2.45, 2.75) is 52.8 Å². The highest BCUT2D eigenvalue weighted by molar-refractivity contribution is 6.01. The van der Waals surface area contributed by atoms with E-state index in [0.29, 0.717) is 24.0 Å². The van der Waals surface area contributed by atoms with Gasteiger partial charge < -0.3 is 10.6 Å². The van der Waals surface area contributed by atoms with Gasteiger partial charge in [-0.1, -0.05) is 26.0 Å². The minimum absolute atomic E-state index is 0.0207. The number of carbonyl (C=O) groups is 1. The summed E-state index contributed by atoms with van der Waals surface area (Å²) in [6, 6.07) is 8.63. The van der Waals surface area contributed by atoms with Crippen LogP contribution < -0.4 is 10.6 Å². The van der Waals surface area contributed by atoms with Gasteiger partial charge in [-0.3, -0.25) is 4.79 Å². The summed E-state index contributed by atoms with van der Waals surface area (Å²) in [5.74, 6) is 0.0207. The number of aryl methyl sites for hydroxylation is 2. The Labute approximate surface area is 174 Å². The highest BCUT2D eigenvalue weighted by Crippen LogP contribution is 2.46. The van der Waals surface area contributed by atoms with Gasteiger partial charge in [0.1, 0.15) is 0 Å². The van der Waals surface area contributed by atoms with Crippen molar-refractivity contribution in [3.63, 3.8) is 0 Å². The molecule has 158 valence electrons. The predicted molar refractivity (Wildman–Crippen MR) is 112 cm³/mol. The second kappa shape index (κ2) is 6.89. The number of fused-ring (bicyclic) bond motifs is 1.